The number of amides is 1. The lowest BCUT2D eigenvalue weighted by molar-refractivity contribution is -0.123. The monoisotopic (exact) mass is 484 g/mol. The highest BCUT2D eigenvalue weighted by Gasteiger charge is 2.23. The Labute approximate surface area is 176 Å². The Balaban J connectivity index is 0.00000261. The van der Waals surface area contributed by atoms with Gasteiger partial charge in [0.05, 0.1) is 12.8 Å². The molecule has 1 aliphatic rings. The molecule has 0 radical (unpaired) electrons. The summed E-state index contributed by atoms with van der Waals surface area (Å²) in [5.41, 5.74) is 1.03. The maximum absolute atomic E-state index is 11.7. The number of aliphatic imine (C=N–C) groups is 1. The lowest BCUT2D eigenvalue weighted by Crippen LogP contribution is -2.36. The summed E-state index contributed by atoms with van der Waals surface area (Å²) in [6.45, 7) is 1.19. The third kappa shape index (κ3) is 7.49. The van der Waals surface area contributed by atoms with E-state index in [0.29, 0.717) is 30.8 Å². The lowest BCUT2D eigenvalue weighted by Gasteiger charge is -2.12. The summed E-state index contributed by atoms with van der Waals surface area (Å²) in [5.74, 6) is 2.12. The molecule has 0 unspecified atom stereocenters. The topological polar surface area (TPSA) is 87.9 Å². The van der Waals surface area contributed by atoms with Crippen molar-refractivity contribution < 1.29 is 13.9 Å². The number of carbonyl (C=O) groups is 1. The lowest BCUT2D eigenvalue weighted by atomic mass is 10.2. The Morgan fingerprint density at radius 2 is 2.04 bits per heavy atom. The first-order chi connectivity index (χ1) is 12.7. The number of ether oxygens (including phenoxy) is 1. The van der Waals surface area contributed by atoms with Crippen molar-refractivity contribution in [2.75, 3.05) is 13.7 Å². The molecule has 0 bridgehead atoms. The van der Waals surface area contributed by atoms with E-state index >= 15 is 0 Å². The molecule has 0 aliphatic heterocycles. The zero-order valence-corrected chi connectivity index (χ0v) is 17.6. The number of carbonyl (C=O) groups excluding carboxylic acids is 1. The maximum Gasteiger partial charge on any atom is 0.258 e. The van der Waals surface area contributed by atoms with Crippen molar-refractivity contribution in [1.29, 1.82) is 0 Å². The van der Waals surface area contributed by atoms with Crippen molar-refractivity contribution >= 4 is 35.8 Å². The van der Waals surface area contributed by atoms with E-state index in [1.165, 1.54) is 0 Å². The zero-order valence-electron chi connectivity index (χ0n) is 15.2. The predicted molar refractivity (Wildman–Crippen MR) is 114 cm³/mol. The van der Waals surface area contributed by atoms with Gasteiger partial charge in [-0.1, -0.05) is 12.1 Å². The van der Waals surface area contributed by atoms with Crippen molar-refractivity contribution in [2.45, 2.75) is 32.0 Å². The summed E-state index contributed by atoms with van der Waals surface area (Å²) in [4.78, 5) is 15.9. The summed E-state index contributed by atoms with van der Waals surface area (Å²) in [7, 11) is 1.72. The number of halogens is 1. The fraction of sp³-hybridized carbons (Fsp3) is 0.368. The quantitative estimate of drug-likeness (QED) is 0.305. The summed E-state index contributed by atoms with van der Waals surface area (Å²) in [5, 5.41) is 9.32. The van der Waals surface area contributed by atoms with Crippen LogP contribution in [0.2, 0.25) is 0 Å². The van der Waals surface area contributed by atoms with Crippen LogP contribution in [0.15, 0.2) is 52.1 Å². The van der Waals surface area contributed by atoms with Gasteiger partial charge in [-0.3, -0.25) is 9.79 Å². The van der Waals surface area contributed by atoms with Crippen molar-refractivity contribution in [3.8, 4) is 5.75 Å². The Kier molecular flexibility index (Phi) is 8.43. The van der Waals surface area contributed by atoms with Crippen molar-refractivity contribution in [2.24, 2.45) is 4.99 Å². The molecule has 0 saturated heterocycles. The number of furan rings is 1. The molecule has 1 fully saturated rings. The van der Waals surface area contributed by atoms with Crippen LogP contribution in [0, 0.1) is 0 Å². The van der Waals surface area contributed by atoms with Crippen LogP contribution in [0.3, 0.4) is 0 Å². The summed E-state index contributed by atoms with van der Waals surface area (Å²) >= 11 is 0. The molecule has 1 heterocycles. The molecule has 3 rings (SSSR count). The summed E-state index contributed by atoms with van der Waals surface area (Å²) < 4.78 is 10.9. The van der Waals surface area contributed by atoms with Crippen LogP contribution >= 0.6 is 24.0 Å². The van der Waals surface area contributed by atoms with Crippen LogP contribution in [0.5, 0.6) is 5.75 Å². The van der Waals surface area contributed by atoms with Crippen LogP contribution in [-0.2, 0) is 17.9 Å². The maximum atomic E-state index is 11.7. The third-order valence-corrected chi connectivity index (χ3v) is 3.90. The Morgan fingerprint density at radius 3 is 2.74 bits per heavy atom. The largest absolute Gasteiger partial charge is 0.484 e. The minimum absolute atomic E-state index is 0. The van der Waals surface area contributed by atoms with Gasteiger partial charge in [-0.2, -0.15) is 0 Å². The Morgan fingerprint density at radius 1 is 1.22 bits per heavy atom. The molecule has 2 aromatic rings. The van der Waals surface area contributed by atoms with Gasteiger partial charge in [-0.25, -0.2) is 0 Å². The van der Waals surface area contributed by atoms with Gasteiger partial charge in [0.15, 0.2) is 12.6 Å². The normalized spacial score (nSPS) is 13.4. The van der Waals surface area contributed by atoms with Gasteiger partial charge < -0.3 is 25.1 Å². The molecular formula is C19H25IN4O3. The average Bonchev–Trinajstić information content (AvgIpc) is 3.31. The van der Waals surface area contributed by atoms with Crippen molar-refractivity contribution in [3.63, 3.8) is 0 Å². The van der Waals surface area contributed by atoms with Crippen LogP contribution < -0.4 is 20.7 Å². The number of nitrogens with zero attached hydrogens (tertiary/aromatic N) is 1. The SMILES string of the molecule is CN=C(NCc1cccc(OCC(=O)NC2CC2)c1)NCc1ccco1.I. The second-order valence-electron chi connectivity index (χ2n) is 6.14. The fourth-order valence-electron chi connectivity index (χ4n) is 2.38. The minimum atomic E-state index is -0.0708. The van der Waals surface area contributed by atoms with E-state index in [1.54, 1.807) is 13.3 Å². The first-order valence-electron chi connectivity index (χ1n) is 8.71. The highest BCUT2D eigenvalue weighted by molar-refractivity contribution is 14.0. The standard InChI is InChI=1S/C19H24N4O3.HI/c1-20-19(22-12-17-6-3-9-25-17)21-11-14-4-2-5-16(10-14)26-13-18(24)23-15-7-8-15;/h2-6,9-10,15H,7-8,11-13H2,1H3,(H,23,24)(H2,20,21,22);1H. The number of hydrogen-bond acceptors (Lipinski definition) is 4. The summed E-state index contributed by atoms with van der Waals surface area (Å²) in [6, 6.07) is 11.8. The van der Waals surface area contributed by atoms with E-state index in [9.17, 15) is 4.79 Å². The van der Waals surface area contributed by atoms with Crippen LogP contribution in [0.1, 0.15) is 24.2 Å². The first kappa shape index (κ1) is 21.1. The predicted octanol–water partition coefficient (Wildman–Crippen LogP) is 2.42. The molecule has 8 heteroatoms. The molecule has 27 heavy (non-hydrogen) atoms. The number of guanidine groups is 1. The van der Waals surface area contributed by atoms with Crippen molar-refractivity contribution in [1.82, 2.24) is 16.0 Å². The highest BCUT2D eigenvalue weighted by Crippen LogP contribution is 2.18. The number of rotatable bonds is 8. The molecule has 1 amide bonds. The molecule has 1 aromatic carbocycles. The van der Waals surface area contributed by atoms with E-state index in [1.807, 2.05) is 36.4 Å². The second kappa shape index (κ2) is 10.8. The zero-order chi connectivity index (χ0) is 18.2. The van der Waals surface area contributed by atoms with Gasteiger partial charge in [0.25, 0.3) is 5.91 Å². The third-order valence-electron chi connectivity index (χ3n) is 3.90. The van der Waals surface area contributed by atoms with Gasteiger partial charge in [-0.15, -0.1) is 24.0 Å². The van der Waals surface area contributed by atoms with E-state index < -0.39 is 0 Å². The average molecular weight is 484 g/mol. The van der Waals surface area contributed by atoms with Crippen molar-refractivity contribution in [3.05, 3.63) is 54.0 Å². The Bertz CT molecular complexity index is 745. The van der Waals surface area contributed by atoms with E-state index in [0.717, 1.165) is 24.2 Å². The van der Waals surface area contributed by atoms with Gasteiger partial charge in [0.2, 0.25) is 0 Å². The van der Waals surface area contributed by atoms with Gasteiger partial charge in [0, 0.05) is 19.6 Å². The molecule has 0 spiro atoms. The first-order valence-corrected chi connectivity index (χ1v) is 8.71. The highest BCUT2D eigenvalue weighted by atomic mass is 127. The Hall–Kier alpha value is -2.23. The molecule has 1 saturated carbocycles. The summed E-state index contributed by atoms with van der Waals surface area (Å²) in [6.07, 6.45) is 3.79. The van der Waals surface area contributed by atoms with Gasteiger partial charge in [0.1, 0.15) is 11.5 Å². The second-order valence-corrected chi connectivity index (χ2v) is 6.14. The van der Waals surface area contributed by atoms with Gasteiger partial charge >= 0.3 is 0 Å². The van der Waals surface area contributed by atoms with Gasteiger partial charge in [-0.05, 0) is 42.7 Å². The molecule has 1 aliphatic carbocycles. The smallest absolute Gasteiger partial charge is 0.258 e. The van der Waals surface area contributed by atoms with Crippen LogP contribution in [0.25, 0.3) is 0 Å². The molecule has 7 nitrogen and oxygen atoms in total. The molecule has 146 valence electrons. The molecule has 1 aromatic heterocycles. The van der Waals surface area contributed by atoms with E-state index in [2.05, 4.69) is 20.9 Å². The number of hydrogen-bond donors (Lipinski definition) is 3. The van der Waals surface area contributed by atoms with Crippen LogP contribution in [0.4, 0.5) is 0 Å². The van der Waals surface area contributed by atoms with E-state index in [4.69, 9.17) is 9.15 Å². The fourth-order valence-corrected chi connectivity index (χ4v) is 2.38. The molecular weight excluding hydrogens is 459 g/mol. The molecule has 0 atom stereocenters. The van der Waals surface area contributed by atoms with E-state index in [-0.39, 0.29) is 36.5 Å². The minimum Gasteiger partial charge on any atom is -0.484 e. The van der Waals surface area contributed by atoms with Crippen LogP contribution in [-0.4, -0.2) is 31.6 Å². The molecule has 3 N–H and O–H groups in total. The number of nitrogens with one attached hydrogen (secondary N) is 3. The number of benzene rings is 1.